The van der Waals surface area contributed by atoms with Crippen LogP contribution >= 0.6 is 15.9 Å². The monoisotopic (exact) mass is 455 g/mol. The van der Waals surface area contributed by atoms with Crippen molar-refractivity contribution in [1.29, 1.82) is 5.26 Å². The van der Waals surface area contributed by atoms with E-state index in [1.165, 1.54) is 10.8 Å². The van der Waals surface area contributed by atoms with Crippen LogP contribution in [0.1, 0.15) is 39.0 Å². The van der Waals surface area contributed by atoms with Crippen molar-refractivity contribution in [3.63, 3.8) is 0 Å². The van der Waals surface area contributed by atoms with Crippen LogP contribution in [0.25, 0.3) is 0 Å². The molecule has 0 aromatic carbocycles. The topological polar surface area (TPSA) is 97.1 Å². The molecule has 1 aromatic rings. The van der Waals surface area contributed by atoms with Gasteiger partial charge in [0.1, 0.15) is 18.4 Å². The van der Waals surface area contributed by atoms with Crippen LogP contribution < -0.4 is 11.2 Å². The average molecular weight is 456 g/mol. The van der Waals surface area contributed by atoms with Gasteiger partial charge in [0.2, 0.25) is 0 Å². The molecule has 3 atom stereocenters. The largest absolute Gasteiger partial charge is 0.411 e. The predicted molar refractivity (Wildman–Crippen MR) is 109 cm³/mol. The van der Waals surface area contributed by atoms with Crippen LogP contribution in [0.5, 0.6) is 0 Å². The third-order valence-electron chi connectivity index (χ3n) is 5.24. The van der Waals surface area contributed by atoms with E-state index < -0.39 is 31.9 Å². The fourth-order valence-corrected chi connectivity index (χ4v) is 4.24. The van der Waals surface area contributed by atoms with Gasteiger partial charge in [0.15, 0.2) is 8.32 Å². The Bertz CT molecular complexity index is 892. The Morgan fingerprint density at radius 3 is 2.67 bits per heavy atom. The fourth-order valence-electron chi connectivity index (χ4n) is 2.64. The summed E-state index contributed by atoms with van der Waals surface area (Å²) in [7, 11) is -2.09. The molecule has 0 radical (unpaired) electrons. The maximum absolute atomic E-state index is 12.2. The maximum atomic E-state index is 12.2. The number of hydrogen-bond donors (Lipinski definition) is 1. The normalized spacial score (nSPS) is 24.1. The molecule has 1 N–H and O–H groups in total. The molecule has 1 aliphatic rings. The van der Waals surface area contributed by atoms with Crippen molar-refractivity contribution in [3.8, 4) is 6.07 Å². The standard InChI is InChI=1S/C18H26BrN3O4Si/c1-11-10-22(17(24)21-16(11)23)15-8-14(13(25-15)7-12(19)9-20)26-27(5,6)18(2,3)4/h7,10,13-15H,8H2,1-6H3,(H,21,23,24)/b12-7+/t13-,14+,15-/m1/s1. The van der Waals surface area contributed by atoms with Gasteiger partial charge in [0.25, 0.3) is 5.56 Å². The van der Waals surface area contributed by atoms with Crippen molar-refractivity contribution >= 4 is 24.2 Å². The third-order valence-corrected chi connectivity index (χ3v) is 10.2. The number of ether oxygens (including phenoxy) is 1. The summed E-state index contributed by atoms with van der Waals surface area (Å²) in [4.78, 5) is 26.2. The molecule has 2 heterocycles. The van der Waals surface area contributed by atoms with Crippen LogP contribution in [0.4, 0.5) is 0 Å². The zero-order valence-electron chi connectivity index (χ0n) is 16.5. The van der Waals surface area contributed by atoms with Gasteiger partial charge in [-0.05, 0) is 47.1 Å². The van der Waals surface area contributed by atoms with E-state index in [4.69, 9.17) is 14.4 Å². The quantitative estimate of drug-likeness (QED) is 0.554. The second kappa shape index (κ2) is 7.87. The lowest BCUT2D eigenvalue weighted by molar-refractivity contribution is 0.00630. The van der Waals surface area contributed by atoms with Crippen LogP contribution in [-0.2, 0) is 9.16 Å². The lowest BCUT2D eigenvalue weighted by atomic mass is 10.1. The van der Waals surface area contributed by atoms with Crippen molar-refractivity contribution < 1.29 is 9.16 Å². The molecule has 1 aromatic heterocycles. The number of nitriles is 1. The zero-order chi connectivity index (χ0) is 20.6. The third kappa shape index (κ3) is 4.88. The second-order valence-corrected chi connectivity index (χ2v) is 13.9. The van der Waals surface area contributed by atoms with Crippen molar-refractivity contribution in [1.82, 2.24) is 9.55 Å². The Morgan fingerprint density at radius 1 is 1.48 bits per heavy atom. The van der Waals surface area contributed by atoms with Gasteiger partial charge in [0.05, 0.1) is 10.6 Å². The van der Waals surface area contributed by atoms with E-state index in [1.807, 2.05) is 6.07 Å². The van der Waals surface area contributed by atoms with Gasteiger partial charge in [-0.2, -0.15) is 5.26 Å². The molecule has 1 saturated heterocycles. The Hall–Kier alpha value is -1.47. The van der Waals surface area contributed by atoms with E-state index in [0.29, 0.717) is 16.5 Å². The van der Waals surface area contributed by atoms with Gasteiger partial charge in [-0.15, -0.1) is 0 Å². The molecular weight excluding hydrogens is 430 g/mol. The van der Waals surface area contributed by atoms with Gasteiger partial charge in [-0.25, -0.2) is 4.79 Å². The number of hydrogen-bond acceptors (Lipinski definition) is 5. The van der Waals surface area contributed by atoms with Gasteiger partial charge < -0.3 is 9.16 Å². The van der Waals surface area contributed by atoms with Gasteiger partial charge in [0, 0.05) is 18.2 Å². The molecule has 7 nitrogen and oxygen atoms in total. The highest BCUT2D eigenvalue weighted by Gasteiger charge is 2.44. The highest BCUT2D eigenvalue weighted by molar-refractivity contribution is 9.12. The first kappa shape index (κ1) is 21.8. The molecule has 0 saturated carbocycles. The van der Waals surface area contributed by atoms with Crippen molar-refractivity contribution in [2.24, 2.45) is 0 Å². The molecule has 0 bridgehead atoms. The molecule has 2 rings (SSSR count). The predicted octanol–water partition coefficient (Wildman–Crippen LogP) is 3.33. The zero-order valence-corrected chi connectivity index (χ0v) is 19.1. The Labute approximate surface area is 168 Å². The summed E-state index contributed by atoms with van der Waals surface area (Å²) >= 11 is 3.21. The molecule has 0 aliphatic carbocycles. The number of aryl methyl sites for hydroxylation is 1. The molecule has 1 aliphatic heterocycles. The number of allylic oxidation sites excluding steroid dienone is 1. The van der Waals surface area contributed by atoms with Crippen LogP contribution in [0.2, 0.25) is 18.1 Å². The number of nitrogens with one attached hydrogen (secondary N) is 1. The minimum atomic E-state index is -2.09. The lowest BCUT2D eigenvalue weighted by Gasteiger charge is -2.39. The number of rotatable bonds is 4. The van der Waals surface area contributed by atoms with E-state index in [0.717, 1.165) is 0 Å². The van der Waals surface area contributed by atoms with E-state index in [-0.39, 0.29) is 11.1 Å². The van der Waals surface area contributed by atoms with E-state index in [2.05, 4.69) is 54.8 Å². The van der Waals surface area contributed by atoms with Crippen LogP contribution in [0, 0.1) is 18.3 Å². The first-order chi connectivity index (χ1) is 12.4. The fraction of sp³-hybridized carbons (Fsp3) is 0.611. The Kier molecular flexibility index (Phi) is 6.36. The summed E-state index contributed by atoms with van der Waals surface area (Å²) < 4.78 is 14.3. The van der Waals surface area contributed by atoms with Crippen molar-refractivity contribution in [3.05, 3.63) is 43.2 Å². The number of aromatic nitrogens is 2. The van der Waals surface area contributed by atoms with Crippen LogP contribution in [0.15, 0.2) is 26.3 Å². The maximum Gasteiger partial charge on any atom is 0.330 e. The Morgan fingerprint density at radius 2 is 2.11 bits per heavy atom. The number of H-pyrrole nitrogens is 1. The SMILES string of the molecule is Cc1cn([C@H]2C[C@H](O[Si](C)(C)C(C)(C)C)[C@@H](/C=C(/Br)C#N)O2)c(=O)[nH]c1=O. The first-order valence-corrected chi connectivity index (χ1v) is 12.5. The lowest BCUT2D eigenvalue weighted by Crippen LogP contribution is -2.45. The van der Waals surface area contributed by atoms with Gasteiger partial charge >= 0.3 is 5.69 Å². The molecule has 9 heteroatoms. The van der Waals surface area contributed by atoms with Crippen molar-refractivity contribution in [2.45, 2.75) is 70.7 Å². The van der Waals surface area contributed by atoms with E-state index >= 15 is 0 Å². The molecule has 0 amide bonds. The highest BCUT2D eigenvalue weighted by atomic mass is 79.9. The minimum absolute atomic E-state index is 0.0111. The van der Waals surface area contributed by atoms with Gasteiger partial charge in [-0.1, -0.05) is 20.8 Å². The molecule has 1 fully saturated rings. The number of nitrogens with zero attached hydrogens (tertiary/aromatic N) is 2. The summed E-state index contributed by atoms with van der Waals surface area (Å²) in [6.45, 7) is 12.4. The van der Waals surface area contributed by atoms with Crippen LogP contribution in [-0.4, -0.2) is 30.1 Å². The minimum Gasteiger partial charge on any atom is -0.411 e. The molecular formula is C18H26BrN3O4Si. The van der Waals surface area contributed by atoms with E-state index in [1.54, 1.807) is 13.0 Å². The Balaban J connectivity index is 2.38. The molecule has 27 heavy (non-hydrogen) atoms. The highest BCUT2D eigenvalue weighted by Crippen LogP contribution is 2.41. The molecule has 0 unspecified atom stereocenters. The number of aromatic amines is 1. The average Bonchev–Trinajstić information content (AvgIpc) is 2.91. The summed E-state index contributed by atoms with van der Waals surface area (Å²) in [5.41, 5.74) is -0.505. The first-order valence-electron chi connectivity index (χ1n) is 8.78. The molecule has 0 spiro atoms. The summed E-state index contributed by atoms with van der Waals surface area (Å²) in [6.07, 6.45) is 2.27. The summed E-state index contributed by atoms with van der Waals surface area (Å²) in [5.74, 6) is 0. The molecule has 148 valence electrons. The number of halogens is 1. The smallest absolute Gasteiger partial charge is 0.330 e. The van der Waals surface area contributed by atoms with Gasteiger partial charge in [-0.3, -0.25) is 14.3 Å². The van der Waals surface area contributed by atoms with Crippen molar-refractivity contribution in [2.75, 3.05) is 0 Å². The summed E-state index contributed by atoms with van der Waals surface area (Å²) in [5, 5.41) is 9.10. The summed E-state index contributed by atoms with van der Waals surface area (Å²) in [6, 6.07) is 2.03. The second-order valence-electron chi connectivity index (χ2n) is 8.31. The van der Waals surface area contributed by atoms with E-state index in [9.17, 15) is 9.59 Å². The van der Waals surface area contributed by atoms with Crippen LogP contribution in [0.3, 0.4) is 0 Å².